The lowest BCUT2D eigenvalue weighted by molar-refractivity contribution is 0.0671. The molecule has 1 saturated heterocycles. The van der Waals surface area contributed by atoms with E-state index in [1.165, 1.54) is 6.07 Å². The van der Waals surface area contributed by atoms with E-state index >= 15 is 0 Å². The molecule has 20 heavy (non-hydrogen) atoms. The Labute approximate surface area is 116 Å². The summed E-state index contributed by atoms with van der Waals surface area (Å²) in [4.78, 5) is 25.1. The van der Waals surface area contributed by atoms with Crippen LogP contribution < -0.4 is 0 Å². The second kappa shape index (κ2) is 5.28. The second-order valence-corrected chi connectivity index (χ2v) is 5.42. The summed E-state index contributed by atoms with van der Waals surface area (Å²) in [7, 11) is 0. The third-order valence-electron chi connectivity index (χ3n) is 3.78. The summed E-state index contributed by atoms with van der Waals surface area (Å²) in [5.74, 6) is -0.830. The Morgan fingerprint density at radius 1 is 1.35 bits per heavy atom. The highest BCUT2D eigenvalue weighted by molar-refractivity contribution is 5.95. The molecule has 0 radical (unpaired) electrons. The molecule has 0 aromatic carbocycles. The van der Waals surface area contributed by atoms with Crippen molar-refractivity contribution >= 4 is 11.9 Å². The maximum atomic E-state index is 12.4. The van der Waals surface area contributed by atoms with Gasteiger partial charge in [0.2, 0.25) is 0 Å². The summed E-state index contributed by atoms with van der Waals surface area (Å²) in [6, 6.07) is 1.56. The molecule has 1 saturated carbocycles. The fourth-order valence-corrected chi connectivity index (χ4v) is 2.49. The number of hydrogen-bond acceptors (Lipinski definition) is 4. The smallest absolute Gasteiger partial charge is 0.338 e. The number of carboxylic acid groups (broad SMARTS) is 1. The molecule has 2 fully saturated rings. The molecular formula is C14H17NO5. The highest BCUT2D eigenvalue weighted by Gasteiger charge is 2.36. The molecule has 1 atom stereocenters. The molecule has 1 aliphatic heterocycles. The summed E-state index contributed by atoms with van der Waals surface area (Å²) >= 11 is 0. The summed E-state index contributed by atoms with van der Waals surface area (Å²) in [5, 5.41) is 8.87. The Hall–Kier alpha value is -1.82. The van der Waals surface area contributed by atoms with E-state index < -0.39 is 5.97 Å². The predicted molar refractivity (Wildman–Crippen MR) is 68.7 cm³/mol. The van der Waals surface area contributed by atoms with Gasteiger partial charge in [-0.1, -0.05) is 0 Å². The van der Waals surface area contributed by atoms with Crippen molar-refractivity contribution in [2.45, 2.75) is 25.3 Å². The minimum absolute atomic E-state index is 0.00768. The molecule has 1 N–H and O–H groups in total. The van der Waals surface area contributed by atoms with Gasteiger partial charge in [-0.25, -0.2) is 4.79 Å². The fraction of sp³-hybridized carbons (Fsp3) is 0.571. The van der Waals surface area contributed by atoms with Crippen LogP contribution in [0.4, 0.5) is 0 Å². The lowest BCUT2D eigenvalue weighted by atomic mass is 10.1. The number of aromatic carboxylic acids is 1. The lowest BCUT2D eigenvalue weighted by Crippen LogP contribution is -2.37. The minimum Gasteiger partial charge on any atom is -0.478 e. The zero-order valence-corrected chi connectivity index (χ0v) is 11.1. The molecule has 2 heterocycles. The normalized spacial score (nSPS) is 21.9. The molecule has 3 rings (SSSR count). The van der Waals surface area contributed by atoms with E-state index in [0.717, 1.165) is 32.1 Å². The zero-order valence-electron chi connectivity index (χ0n) is 11.1. The third kappa shape index (κ3) is 2.70. The van der Waals surface area contributed by atoms with Gasteiger partial charge < -0.3 is 19.2 Å². The summed E-state index contributed by atoms with van der Waals surface area (Å²) in [5.41, 5.74) is 0.00768. The zero-order chi connectivity index (χ0) is 14.1. The van der Waals surface area contributed by atoms with Crippen LogP contribution in [0.1, 0.15) is 40.2 Å². The summed E-state index contributed by atoms with van der Waals surface area (Å²) in [6.07, 6.45) is 4.09. The van der Waals surface area contributed by atoms with E-state index in [9.17, 15) is 9.59 Å². The van der Waals surface area contributed by atoms with Gasteiger partial charge in [-0.15, -0.1) is 0 Å². The number of rotatable bonds is 5. The first kappa shape index (κ1) is 13.2. The lowest BCUT2D eigenvalue weighted by Gasteiger charge is -2.24. The van der Waals surface area contributed by atoms with Crippen molar-refractivity contribution in [2.75, 3.05) is 19.8 Å². The molecular weight excluding hydrogens is 262 g/mol. The van der Waals surface area contributed by atoms with Gasteiger partial charge in [0, 0.05) is 31.2 Å². The fourth-order valence-electron chi connectivity index (χ4n) is 2.49. The van der Waals surface area contributed by atoms with Crippen molar-refractivity contribution in [1.29, 1.82) is 0 Å². The third-order valence-corrected chi connectivity index (χ3v) is 3.78. The predicted octanol–water partition coefficient (Wildman–Crippen LogP) is 1.62. The average molecular weight is 279 g/mol. The molecule has 2 aliphatic rings. The van der Waals surface area contributed by atoms with Crippen LogP contribution in [0.25, 0.3) is 0 Å². The van der Waals surface area contributed by atoms with Gasteiger partial charge >= 0.3 is 5.97 Å². The van der Waals surface area contributed by atoms with Gasteiger partial charge in [0.1, 0.15) is 6.26 Å². The van der Waals surface area contributed by atoms with Crippen LogP contribution >= 0.6 is 0 Å². The van der Waals surface area contributed by atoms with Crippen molar-refractivity contribution < 1.29 is 23.8 Å². The molecule has 0 bridgehead atoms. The van der Waals surface area contributed by atoms with Crippen LogP contribution in [-0.2, 0) is 4.74 Å². The number of carbonyl (C=O) groups is 2. The van der Waals surface area contributed by atoms with Crippen LogP contribution in [0.3, 0.4) is 0 Å². The van der Waals surface area contributed by atoms with E-state index in [1.807, 2.05) is 4.90 Å². The Kier molecular flexibility index (Phi) is 3.48. The van der Waals surface area contributed by atoms with Crippen molar-refractivity contribution in [1.82, 2.24) is 4.90 Å². The molecule has 1 aromatic rings. The van der Waals surface area contributed by atoms with Crippen LogP contribution in [0.2, 0.25) is 0 Å². The summed E-state index contributed by atoms with van der Waals surface area (Å²) in [6.45, 7) is 2.10. The number of furan rings is 1. The van der Waals surface area contributed by atoms with Gasteiger partial charge in [-0.05, 0) is 19.3 Å². The Bertz CT molecular complexity index is 513. The Balaban J connectivity index is 1.72. The molecule has 1 aliphatic carbocycles. The monoisotopic (exact) mass is 279 g/mol. The molecule has 1 unspecified atom stereocenters. The largest absolute Gasteiger partial charge is 0.478 e. The Morgan fingerprint density at radius 3 is 2.70 bits per heavy atom. The second-order valence-electron chi connectivity index (χ2n) is 5.42. The van der Waals surface area contributed by atoms with Crippen molar-refractivity contribution in [3.05, 3.63) is 23.7 Å². The molecule has 6 nitrogen and oxygen atoms in total. The topological polar surface area (TPSA) is 80.0 Å². The number of carboxylic acids is 1. The first-order chi connectivity index (χ1) is 9.65. The first-order valence-corrected chi connectivity index (χ1v) is 6.85. The van der Waals surface area contributed by atoms with Crippen LogP contribution in [0, 0.1) is 5.92 Å². The standard InChI is InChI=1S/C14H17NO5/c16-13(12-5-10(8-20-12)14(17)18)15(11-1-2-11)6-9-3-4-19-7-9/h5,8-9,11H,1-4,6-7H2,(H,17,18). The molecule has 0 spiro atoms. The maximum Gasteiger partial charge on any atom is 0.338 e. The van der Waals surface area contributed by atoms with Crippen molar-refractivity contribution in [2.24, 2.45) is 5.92 Å². The van der Waals surface area contributed by atoms with Gasteiger partial charge in [-0.2, -0.15) is 0 Å². The van der Waals surface area contributed by atoms with Gasteiger partial charge in [0.15, 0.2) is 5.76 Å². The average Bonchev–Trinajstić information content (AvgIpc) is 2.95. The van der Waals surface area contributed by atoms with Gasteiger partial charge in [0.05, 0.1) is 12.2 Å². The summed E-state index contributed by atoms with van der Waals surface area (Å²) < 4.78 is 10.4. The molecule has 1 amide bonds. The van der Waals surface area contributed by atoms with E-state index in [-0.39, 0.29) is 23.3 Å². The SMILES string of the molecule is O=C(O)c1coc(C(=O)N(CC2CCOC2)C2CC2)c1. The minimum atomic E-state index is -1.09. The van der Waals surface area contributed by atoms with Gasteiger partial charge in [0.25, 0.3) is 5.91 Å². The van der Waals surface area contributed by atoms with Gasteiger partial charge in [-0.3, -0.25) is 4.79 Å². The van der Waals surface area contributed by atoms with Crippen molar-refractivity contribution in [3.63, 3.8) is 0 Å². The number of nitrogens with zero attached hydrogens (tertiary/aromatic N) is 1. The molecule has 6 heteroatoms. The highest BCUT2D eigenvalue weighted by atomic mass is 16.5. The quantitative estimate of drug-likeness (QED) is 0.885. The van der Waals surface area contributed by atoms with Crippen LogP contribution in [0.15, 0.2) is 16.7 Å². The number of hydrogen-bond donors (Lipinski definition) is 1. The first-order valence-electron chi connectivity index (χ1n) is 6.85. The van der Waals surface area contributed by atoms with E-state index in [4.69, 9.17) is 14.3 Å². The number of ether oxygens (including phenoxy) is 1. The van der Waals surface area contributed by atoms with Crippen LogP contribution in [0.5, 0.6) is 0 Å². The van der Waals surface area contributed by atoms with E-state index in [1.54, 1.807) is 0 Å². The number of carbonyl (C=O) groups excluding carboxylic acids is 1. The Morgan fingerprint density at radius 2 is 2.15 bits per heavy atom. The molecule has 108 valence electrons. The molecule has 1 aromatic heterocycles. The number of amides is 1. The highest BCUT2D eigenvalue weighted by Crippen LogP contribution is 2.30. The van der Waals surface area contributed by atoms with Crippen LogP contribution in [-0.4, -0.2) is 47.7 Å². The van der Waals surface area contributed by atoms with Crippen molar-refractivity contribution in [3.8, 4) is 0 Å². The maximum absolute atomic E-state index is 12.4. The van der Waals surface area contributed by atoms with E-state index in [2.05, 4.69) is 0 Å². The van der Waals surface area contributed by atoms with E-state index in [0.29, 0.717) is 19.1 Å².